The summed E-state index contributed by atoms with van der Waals surface area (Å²) in [5, 5.41) is 12.9. The van der Waals surface area contributed by atoms with Crippen LogP contribution in [0.5, 0.6) is 5.75 Å². The van der Waals surface area contributed by atoms with Gasteiger partial charge in [0.15, 0.2) is 0 Å². The van der Waals surface area contributed by atoms with E-state index in [9.17, 15) is 5.11 Å². The fraction of sp³-hybridized carbons (Fsp3) is 0.391. The van der Waals surface area contributed by atoms with Crippen molar-refractivity contribution in [3.8, 4) is 5.75 Å². The summed E-state index contributed by atoms with van der Waals surface area (Å²) < 4.78 is 5.61. The Morgan fingerprint density at radius 3 is 2.56 bits per heavy atom. The monoisotopic (exact) mass is 385 g/mol. The molecule has 0 aliphatic heterocycles. The summed E-state index contributed by atoms with van der Waals surface area (Å²) in [5.74, 6) is 0.823. The van der Waals surface area contributed by atoms with Gasteiger partial charge in [-0.2, -0.15) is 0 Å². The van der Waals surface area contributed by atoms with Crippen LogP contribution in [0.25, 0.3) is 6.08 Å². The fourth-order valence-corrected chi connectivity index (χ4v) is 4.29. The molecule has 2 aromatic rings. The lowest BCUT2D eigenvalue weighted by Gasteiger charge is -2.44. The number of ether oxygens (including phenoxy) is 1. The first-order valence-electron chi connectivity index (χ1n) is 9.42. The smallest absolute Gasteiger partial charge is 0.125 e. The van der Waals surface area contributed by atoms with Gasteiger partial charge in [-0.3, -0.25) is 0 Å². The van der Waals surface area contributed by atoms with Crippen molar-refractivity contribution in [2.24, 2.45) is 5.92 Å². The number of halogens is 1. The molecule has 3 nitrogen and oxygen atoms in total. The lowest BCUT2D eigenvalue weighted by atomic mass is 9.67. The molecule has 2 aromatic carbocycles. The Hall–Kier alpha value is -1.81. The molecule has 1 N–H and O–H groups in total. The predicted molar refractivity (Wildman–Crippen MR) is 112 cm³/mol. The van der Waals surface area contributed by atoms with E-state index in [1.165, 1.54) is 0 Å². The fourth-order valence-electron chi connectivity index (χ4n) is 4.16. The Balaban J connectivity index is 2.13. The maximum atomic E-state index is 12.1. The average molecular weight is 386 g/mol. The highest BCUT2D eigenvalue weighted by Gasteiger charge is 2.45. The van der Waals surface area contributed by atoms with Gasteiger partial charge in [0.25, 0.3) is 0 Å². The number of methoxy groups -OCH3 is 1. The highest BCUT2D eigenvalue weighted by Crippen LogP contribution is 2.49. The SMILES string of the molecule is COc1ccccc1C1(O)/C(=C\c2ccc(Cl)cc2)CCCC1CN(C)C. The van der Waals surface area contributed by atoms with Crippen molar-refractivity contribution in [2.45, 2.75) is 24.9 Å². The van der Waals surface area contributed by atoms with Crippen molar-refractivity contribution in [2.75, 3.05) is 27.7 Å². The van der Waals surface area contributed by atoms with Gasteiger partial charge < -0.3 is 14.7 Å². The molecule has 1 fully saturated rings. The number of hydrogen-bond donors (Lipinski definition) is 1. The van der Waals surface area contributed by atoms with Gasteiger partial charge in [0, 0.05) is 23.0 Å². The second-order valence-corrected chi connectivity index (χ2v) is 7.98. The quantitative estimate of drug-likeness (QED) is 0.787. The highest BCUT2D eigenvalue weighted by molar-refractivity contribution is 6.30. The third-order valence-electron chi connectivity index (χ3n) is 5.39. The number of para-hydroxylation sites is 1. The van der Waals surface area contributed by atoms with Crippen molar-refractivity contribution in [1.29, 1.82) is 0 Å². The van der Waals surface area contributed by atoms with Crippen LogP contribution in [0, 0.1) is 5.92 Å². The molecular formula is C23H28ClNO2. The molecule has 0 spiro atoms. The number of rotatable bonds is 5. The molecule has 3 rings (SSSR count). The second kappa shape index (κ2) is 8.47. The first-order chi connectivity index (χ1) is 12.9. The molecule has 4 heteroatoms. The Morgan fingerprint density at radius 1 is 1.19 bits per heavy atom. The van der Waals surface area contributed by atoms with Crippen LogP contribution in [0.1, 0.15) is 30.4 Å². The minimum Gasteiger partial charge on any atom is -0.496 e. The maximum Gasteiger partial charge on any atom is 0.125 e. The van der Waals surface area contributed by atoms with E-state index in [1.54, 1.807) is 7.11 Å². The molecule has 0 bridgehead atoms. The van der Waals surface area contributed by atoms with Crippen LogP contribution in [0.4, 0.5) is 0 Å². The molecule has 27 heavy (non-hydrogen) atoms. The zero-order chi connectivity index (χ0) is 19.4. The molecule has 1 saturated carbocycles. The van der Waals surface area contributed by atoms with Crippen LogP contribution in [-0.4, -0.2) is 37.8 Å². The van der Waals surface area contributed by atoms with Crippen LogP contribution >= 0.6 is 11.6 Å². The van der Waals surface area contributed by atoms with Crippen LogP contribution in [0.15, 0.2) is 54.1 Å². The van der Waals surface area contributed by atoms with Crippen molar-refractivity contribution in [3.63, 3.8) is 0 Å². The molecule has 0 amide bonds. The van der Waals surface area contributed by atoms with Crippen molar-refractivity contribution < 1.29 is 9.84 Å². The van der Waals surface area contributed by atoms with E-state index in [1.807, 2.05) is 48.5 Å². The maximum absolute atomic E-state index is 12.1. The average Bonchev–Trinajstić information content (AvgIpc) is 2.66. The van der Waals surface area contributed by atoms with Gasteiger partial charge in [-0.1, -0.05) is 48.0 Å². The number of aliphatic hydroxyl groups is 1. The Bertz CT molecular complexity index is 800. The van der Waals surface area contributed by atoms with E-state index in [4.69, 9.17) is 16.3 Å². The number of hydrogen-bond acceptors (Lipinski definition) is 3. The van der Waals surface area contributed by atoms with E-state index in [-0.39, 0.29) is 5.92 Å². The van der Waals surface area contributed by atoms with Gasteiger partial charge in [0.1, 0.15) is 11.4 Å². The third kappa shape index (κ3) is 4.21. The Kier molecular flexibility index (Phi) is 6.25. The van der Waals surface area contributed by atoms with Crippen LogP contribution in [-0.2, 0) is 5.60 Å². The molecule has 1 aliphatic rings. The number of benzene rings is 2. The summed E-state index contributed by atoms with van der Waals surface area (Å²) in [5.41, 5.74) is 1.87. The predicted octanol–water partition coefficient (Wildman–Crippen LogP) is 4.98. The molecule has 1 aliphatic carbocycles. The summed E-state index contributed by atoms with van der Waals surface area (Å²) in [6, 6.07) is 15.6. The van der Waals surface area contributed by atoms with Crippen LogP contribution < -0.4 is 4.74 Å². The van der Waals surface area contributed by atoms with E-state index in [2.05, 4.69) is 25.1 Å². The number of nitrogens with zero attached hydrogens (tertiary/aromatic N) is 1. The zero-order valence-electron chi connectivity index (χ0n) is 16.3. The van der Waals surface area contributed by atoms with Gasteiger partial charge in [-0.25, -0.2) is 0 Å². The Morgan fingerprint density at radius 2 is 1.89 bits per heavy atom. The molecule has 2 unspecified atom stereocenters. The first kappa shape index (κ1) is 19.9. The molecule has 0 saturated heterocycles. The summed E-state index contributed by atoms with van der Waals surface area (Å²) in [6.45, 7) is 0.812. The summed E-state index contributed by atoms with van der Waals surface area (Å²) in [6.07, 6.45) is 5.02. The lowest BCUT2D eigenvalue weighted by Crippen LogP contribution is -2.44. The molecule has 2 atom stereocenters. The normalized spacial score (nSPS) is 24.4. The van der Waals surface area contributed by atoms with Crippen molar-refractivity contribution >= 4 is 17.7 Å². The summed E-state index contributed by atoms with van der Waals surface area (Å²) in [7, 11) is 5.77. The largest absolute Gasteiger partial charge is 0.496 e. The van der Waals surface area contributed by atoms with Gasteiger partial charge >= 0.3 is 0 Å². The first-order valence-corrected chi connectivity index (χ1v) is 9.80. The van der Waals surface area contributed by atoms with Gasteiger partial charge in [-0.05, 0) is 62.7 Å². The van der Waals surface area contributed by atoms with E-state index in [0.29, 0.717) is 5.02 Å². The molecule has 0 heterocycles. The minimum atomic E-state index is -1.06. The minimum absolute atomic E-state index is 0.0936. The second-order valence-electron chi connectivity index (χ2n) is 7.54. The van der Waals surface area contributed by atoms with Crippen LogP contribution in [0.2, 0.25) is 5.02 Å². The highest BCUT2D eigenvalue weighted by atomic mass is 35.5. The molecule has 144 valence electrons. The van der Waals surface area contributed by atoms with Crippen molar-refractivity contribution in [1.82, 2.24) is 4.90 Å². The van der Waals surface area contributed by atoms with Crippen molar-refractivity contribution in [3.05, 3.63) is 70.3 Å². The zero-order valence-corrected chi connectivity index (χ0v) is 17.0. The third-order valence-corrected chi connectivity index (χ3v) is 5.65. The van der Waals surface area contributed by atoms with Crippen LogP contribution in [0.3, 0.4) is 0 Å². The van der Waals surface area contributed by atoms with Gasteiger partial charge in [-0.15, -0.1) is 0 Å². The Labute approximate surface area is 167 Å². The topological polar surface area (TPSA) is 32.7 Å². The van der Waals surface area contributed by atoms with E-state index in [0.717, 1.165) is 48.3 Å². The van der Waals surface area contributed by atoms with Gasteiger partial charge in [0.05, 0.1) is 7.11 Å². The van der Waals surface area contributed by atoms with E-state index >= 15 is 0 Å². The molecular weight excluding hydrogens is 358 g/mol. The van der Waals surface area contributed by atoms with Gasteiger partial charge in [0.2, 0.25) is 0 Å². The standard InChI is InChI=1S/C23H28ClNO2/c1-25(2)16-19-8-6-7-18(15-17-11-13-20(24)14-12-17)23(19,26)21-9-4-5-10-22(21)27-3/h4-5,9-15,19,26H,6-8,16H2,1-3H3/b18-15-. The summed E-state index contributed by atoms with van der Waals surface area (Å²) >= 11 is 6.03. The molecule has 0 radical (unpaired) electrons. The summed E-state index contributed by atoms with van der Waals surface area (Å²) in [4.78, 5) is 2.15. The van der Waals surface area contributed by atoms with E-state index < -0.39 is 5.60 Å². The lowest BCUT2D eigenvalue weighted by molar-refractivity contribution is -0.0190. The molecule has 0 aromatic heterocycles.